The molecule has 0 saturated heterocycles. The molecule has 2 heterocycles. The van der Waals surface area contributed by atoms with Crippen LogP contribution in [-0.2, 0) is 6.54 Å². The minimum Gasteiger partial charge on any atom is -0.348 e. The number of carbonyl (C=O) groups is 1. The second-order valence-electron chi connectivity index (χ2n) is 6.12. The van der Waals surface area contributed by atoms with Gasteiger partial charge in [-0.1, -0.05) is 24.3 Å². The smallest absolute Gasteiger partial charge is 0.251 e. The van der Waals surface area contributed by atoms with Crippen molar-refractivity contribution in [3.63, 3.8) is 0 Å². The van der Waals surface area contributed by atoms with E-state index in [1.807, 2.05) is 43.5 Å². The van der Waals surface area contributed by atoms with Crippen LogP contribution >= 0.6 is 0 Å². The molecule has 3 rings (SSSR count). The summed E-state index contributed by atoms with van der Waals surface area (Å²) in [5, 5.41) is 6.35. The van der Waals surface area contributed by atoms with Gasteiger partial charge in [-0.2, -0.15) is 0 Å². The fourth-order valence-corrected chi connectivity index (χ4v) is 3.03. The Balaban J connectivity index is 1.75. The van der Waals surface area contributed by atoms with Gasteiger partial charge in [-0.15, -0.1) is 0 Å². The number of benzene rings is 1. The van der Waals surface area contributed by atoms with Crippen LogP contribution in [0.3, 0.4) is 0 Å². The summed E-state index contributed by atoms with van der Waals surface area (Å²) in [5.74, 6) is -0.0352. The molecule has 1 aromatic heterocycles. The van der Waals surface area contributed by atoms with Gasteiger partial charge >= 0.3 is 0 Å². The van der Waals surface area contributed by atoms with Crippen LogP contribution in [0.5, 0.6) is 0 Å². The Kier molecular flexibility index (Phi) is 5.06. The SMILES string of the molecule is Cc1ccccc1C(=O)NCc1ccnc(C2=CCNCC2)c1C. The van der Waals surface area contributed by atoms with Gasteiger partial charge in [0.05, 0.1) is 5.69 Å². The summed E-state index contributed by atoms with van der Waals surface area (Å²) in [6.07, 6.45) is 5.03. The molecule has 1 aromatic carbocycles. The van der Waals surface area contributed by atoms with E-state index in [1.54, 1.807) is 0 Å². The molecule has 1 aliphatic heterocycles. The zero-order valence-corrected chi connectivity index (χ0v) is 14.2. The van der Waals surface area contributed by atoms with Gasteiger partial charge in [-0.05, 0) is 61.2 Å². The molecule has 0 bridgehead atoms. The van der Waals surface area contributed by atoms with Gasteiger partial charge in [-0.3, -0.25) is 9.78 Å². The molecule has 2 N–H and O–H groups in total. The maximum absolute atomic E-state index is 12.4. The molecule has 124 valence electrons. The van der Waals surface area contributed by atoms with E-state index in [0.717, 1.165) is 47.5 Å². The second-order valence-corrected chi connectivity index (χ2v) is 6.12. The molecule has 0 radical (unpaired) electrons. The number of pyridine rings is 1. The van der Waals surface area contributed by atoms with E-state index in [0.29, 0.717) is 6.54 Å². The number of nitrogens with zero attached hydrogens (tertiary/aromatic N) is 1. The van der Waals surface area contributed by atoms with Crippen molar-refractivity contribution in [1.29, 1.82) is 0 Å². The number of rotatable bonds is 4. The lowest BCUT2D eigenvalue weighted by atomic mass is 9.98. The topological polar surface area (TPSA) is 54.0 Å². The Labute approximate surface area is 143 Å². The first-order chi connectivity index (χ1) is 11.7. The van der Waals surface area contributed by atoms with Crippen molar-refractivity contribution in [2.24, 2.45) is 0 Å². The third-order valence-electron chi connectivity index (χ3n) is 4.51. The second kappa shape index (κ2) is 7.41. The predicted octanol–water partition coefficient (Wildman–Crippen LogP) is 3.01. The molecule has 4 nitrogen and oxygen atoms in total. The Hall–Kier alpha value is -2.46. The first-order valence-electron chi connectivity index (χ1n) is 8.35. The molecule has 0 aliphatic carbocycles. The van der Waals surface area contributed by atoms with Gasteiger partial charge in [0.15, 0.2) is 0 Å². The number of aryl methyl sites for hydroxylation is 1. The molecule has 4 heteroatoms. The standard InChI is InChI=1S/C20H23N3O/c1-14-5-3-4-6-18(14)20(24)23-13-17-9-12-22-19(15(17)2)16-7-10-21-11-8-16/h3-7,9,12,21H,8,10-11,13H2,1-2H3,(H,23,24). The average molecular weight is 321 g/mol. The van der Waals surface area contributed by atoms with Crippen molar-refractivity contribution in [3.05, 3.63) is 70.6 Å². The summed E-state index contributed by atoms with van der Waals surface area (Å²) < 4.78 is 0. The van der Waals surface area contributed by atoms with Crippen LogP contribution in [0.2, 0.25) is 0 Å². The number of carbonyl (C=O) groups excluding carboxylic acids is 1. The first kappa shape index (κ1) is 16.4. The van der Waals surface area contributed by atoms with E-state index in [-0.39, 0.29) is 5.91 Å². The third-order valence-corrected chi connectivity index (χ3v) is 4.51. The normalized spacial score (nSPS) is 14.2. The summed E-state index contributed by atoms with van der Waals surface area (Å²) in [7, 11) is 0. The molecule has 1 amide bonds. The van der Waals surface area contributed by atoms with Crippen LogP contribution in [0.4, 0.5) is 0 Å². The van der Waals surface area contributed by atoms with E-state index in [1.165, 1.54) is 5.57 Å². The van der Waals surface area contributed by atoms with Gasteiger partial charge in [0, 0.05) is 24.8 Å². The van der Waals surface area contributed by atoms with E-state index >= 15 is 0 Å². The third kappa shape index (κ3) is 3.54. The van der Waals surface area contributed by atoms with Gasteiger partial charge in [0.2, 0.25) is 0 Å². The average Bonchev–Trinajstić information content (AvgIpc) is 2.62. The predicted molar refractivity (Wildman–Crippen MR) is 96.8 cm³/mol. The first-order valence-corrected chi connectivity index (χ1v) is 8.35. The Bertz CT molecular complexity index is 780. The van der Waals surface area contributed by atoms with E-state index in [9.17, 15) is 4.79 Å². The molecule has 24 heavy (non-hydrogen) atoms. The molecular formula is C20H23N3O. The number of nitrogens with one attached hydrogen (secondary N) is 2. The quantitative estimate of drug-likeness (QED) is 0.910. The molecule has 0 unspecified atom stereocenters. The maximum atomic E-state index is 12.4. The number of aromatic nitrogens is 1. The lowest BCUT2D eigenvalue weighted by molar-refractivity contribution is 0.0950. The van der Waals surface area contributed by atoms with Crippen LogP contribution < -0.4 is 10.6 Å². The van der Waals surface area contributed by atoms with E-state index in [4.69, 9.17) is 0 Å². The maximum Gasteiger partial charge on any atom is 0.251 e. The lowest BCUT2D eigenvalue weighted by Gasteiger charge is -2.17. The van der Waals surface area contributed by atoms with Gasteiger partial charge < -0.3 is 10.6 Å². The van der Waals surface area contributed by atoms with Crippen molar-refractivity contribution in [2.45, 2.75) is 26.8 Å². The number of hydrogen-bond donors (Lipinski definition) is 2. The van der Waals surface area contributed by atoms with E-state index < -0.39 is 0 Å². The summed E-state index contributed by atoms with van der Waals surface area (Å²) in [6.45, 7) is 6.43. The fourth-order valence-electron chi connectivity index (χ4n) is 3.03. The Morgan fingerprint density at radius 2 is 2.08 bits per heavy atom. The fraction of sp³-hybridized carbons (Fsp3) is 0.300. The highest BCUT2D eigenvalue weighted by Gasteiger charge is 2.13. The van der Waals surface area contributed by atoms with Gasteiger partial charge in [0.1, 0.15) is 0 Å². The number of hydrogen-bond acceptors (Lipinski definition) is 3. The largest absolute Gasteiger partial charge is 0.348 e. The monoisotopic (exact) mass is 321 g/mol. The van der Waals surface area contributed by atoms with Crippen LogP contribution in [-0.4, -0.2) is 24.0 Å². The summed E-state index contributed by atoms with van der Waals surface area (Å²) in [6, 6.07) is 9.63. The molecule has 0 spiro atoms. The summed E-state index contributed by atoms with van der Waals surface area (Å²) in [5.41, 5.74) is 6.32. The Morgan fingerprint density at radius 3 is 2.83 bits per heavy atom. The van der Waals surface area contributed by atoms with Crippen molar-refractivity contribution >= 4 is 11.5 Å². The van der Waals surface area contributed by atoms with Crippen LogP contribution in [0.15, 0.2) is 42.6 Å². The zero-order chi connectivity index (χ0) is 16.9. The molecule has 2 aromatic rings. The van der Waals surface area contributed by atoms with Crippen LogP contribution in [0.25, 0.3) is 5.57 Å². The minimum atomic E-state index is -0.0352. The van der Waals surface area contributed by atoms with Crippen LogP contribution in [0.1, 0.15) is 39.2 Å². The molecular weight excluding hydrogens is 298 g/mol. The summed E-state index contributed by atoms with van der Waals surface area (Å²) >= 11 is 0. The van der Waals surface area contributed by atoms with Gasteiger partial charge in [0.25, 0.3) is 5.91 Å². The van der Waals surface area contributed by atoms with Crippen molar-refractivity contribution < 1.29 is 4.79 Å². The lowest BCUT2D eigenvalue weighted by Crippen LogP contribution is -2.24. The molecule has 1 aliphatic rings. The van der Waals surface area contributed by atoms with Crippen molar-refractivity contribution in [3.8, 4) is 0 Å². The zero-order valence-electron chi connectivity index (χ0n) is 14.2. The number of amides is 1. The van der Waals surface area contributed by atoms with Crippen molar-refractivity contribution in [1.82, 2.24) is 15.6 Å². The highest BCUT2D eigenvalue weighted by Crippen LogP contribution is 2.23. The highest BCUT2D eigenvalue weighted by atomic mass is 16.1. The molecule has 0 fully saturated rings. The van der Waals surface area contributed by atoms with Gasteiger partial charge in [-0.25, -0.2) is 0 Å². The summed E-state index contributed by atoms with van der Waals surface area (Å²) in [4.78, 5) is 16.9. The minimum absolute atomic E-state index is 0.0352. The van der Waals surface area contributed by atoms with Crippen molar-refractivity contribution in [2.75, 3.05) is 13.1 Å². The highest BCUT2D eigenvalue weighted by molar-refractivity contribution is 5.95. The van der Waals surface area contributed by atoms with E-state index in [2.05, 4.69) is 28.6 Å². The molecule has 0 saturated carbocycles. The Morgan fingerprint density at radius 1 is 1.25 bits per heavy atom. The van der Waals surface area contributed by atoms with Crippen LogP contribution in [0, 0.1) is 13.8 Å². The molecule has 0 atom stereocenters.